The maximum atomic E-state index is 12.2. The third-order valence-corrected chi connectivity index (χ3v) is 4.26. The number of benzene rings is 2. The molecular weight excluding hydrogens is 318 g/mol. The first-order valence-electron chi connectivity index (χ1n) is 7.63. The molecule has 0 aliphatic heterocycles. The largest absolute Gasteiger partial charge is 0.449 e. The molecule has 0 N–H and O–H groups in total. The second-order valence-electron chi connectivity index (χ2n) is 5.26. The Hall–Kier alpha value is -2.72. The van der Waals surface area contributed by atoms with Crippen molar-refractivity contribution < 1.29 is 9.53 Å². The quantitative estimate of drug-likeness (QED) is 0.497. The van der Waals surface area contributed by atoms with Crippen LogP contribution in [-0.4, -0.2) is 11.0 Å². The van der Waals surface area contributed by atoms with Crippen LogP contribution >= 0.6 is 11.3 Å². The summed E-state index contributed by atoms with van der Waals surface area (Å²) in [6.07, 6.45) is 2.67. The van der Waals surface area contributed by atoms with E-state index in [0.29, 0.717) is 0 Å². The number of thiazole rings is 1. The maximum Gasteiger partial charge on any atom is 0.331 e. The number of rotatable bonds is 5. The number of carbonyl (C=O) groups is 1. The van der Waals surface area contributed by atoms with Crippen molar-refractivity contribution in [2.75, 3.05) is 0 Å². The summed E-state index contributed by atoms with van der Waals surface area (Å²) in [5, 5.41) is 2.87. The third kappa shape index (κ3) is 4.18. The van der Waals surface area contributed by atoms with Gasteiger partial charge in [-0.25, -0.2) is 9.78 Å². The number of nitrogens with zero attached hydrogens (tertiary/aromatic N) is 1. The summed E-state index contributed by atoms with van der Waals surface area (Å²) in [4.78, 5) is 16.5. The van der Waals surface area contributed by atoms with Gasteiger partial charge in [0, 0.05) is 11.5 Å². The number of carbonyl (C=O) groups excluding carboxylic acids is 1. The van der Waals surface area contributed by atoms with E-state index in [2.05, 4.69) is 4.98 Å². The fourth-order valence-corrected chi connectivity index (χ4v) is 2.93. The molecule has 0 bridgehead atoms. The molecule has 120 valence electrons. The Balaban J connectivity index is 1.79. The van der Waals surface area contributed by atoms with E-state index in [4.69, 9.17) is 4.74 Å². The van der Waals surface area contributed by atoms with Crippen molar-refractivity contribution in [2.45, 2.75) is 13.0 Å². The van der Waals surface area contributed by atoms with E-state index in [-0.39, 0.29) is 0 Å². The van der Waals surface area contributed by atoms with E-state index >= 15 is 0 Å². The zero-order valence-corrected chi connectivity index (χ0v) is 14.1. The lowest BCUT2D eigenvalue weighted by atomic mass is 10.0. The highest BCUT2D eigenvalue weighted by Crippen LogP contribution is 2.26. The zero-order chi connectivity index (χ0) is 16.8. The molecule has 1 heterocycles. The normalized spacial score (nSPS) is 11.1. The summed E-state index contributed by atoms with van der Waals surface area (Å²) < 4.78 is 5.70. The van der Waals surface area contributed by atoms with Crippen molar-refractivity contribution in [3.63, 3.8) is 0 Å². The summed E-state index contributed by atoms with van der Waals surface area (Å²) in [5.41, 5.74) is 2.65. The van der Waals surface area contributed by atoms with E-state index in [1.54, 1.807) is 17.4 Å². The molecule has 0 amide bonds. The van der Waals surface area contributed by atoms with Gasteiger partial charge in [0.2, 0.25) is 0 Å². The van der Waals surface area contributed by atoms with E-state index in [0.717, 1.165) is 21.8 Å². The summed E-state index contributed by atoms with van der Waals surface area (Å²) in [7, 11) is 0. The highest BCUT2D eigenvalue weighted by atomic mass is 32.1. The van der Waals surface area contributed by atoms with Gasteiger partial charge in [-0.15, -0.1) is 11.3 Å². The van der Waals surface area contributed by atoms with Crippen LogP contribution in [0.25, 0.3) is 6.08 Å². The number of aryl methyl sites for hydroxylation is 1. The van der Waals surface area contributed by atoms with Gasteiger partial charge in [0.25, 0.3) is 0 Å². The first-order valence-corrected chi connectivity index (χ1v) is 8.51. The molecule has 4 heteroatoms. The summed E-state index contributed by atoms with van der Waals surface area (Å²) in [5.74, 6) is -0.390. The molecule has 3 rings (SSSR count). The van der Waals surface area contributed by atoms with Gasteiger partial charge in [-0.1, -0.05) is 60.7 Å². The molecule has 0 atom stereocenters. The van der Waals surface area contributed by atoms with Crippen LogP contribution in [0.2, 0.25) is 0 Å². The lowest BCUT2D eigenvalue weighted by molar-refractivity contribution is -0.141. The molecule has 2 aromatic carbocycles. The highest BCUT2D eigenvalue weighted by Gasteiger charge is 2.17. The van der Waals surface area contributed by atoms with E-state index in [9.17, 15) is 4.79 Å². The molecule has 0 fully saturated rings. The Kier molecular flexibility index (Phi) is 5.18. The summed E-state index contributed by atoms with van der Waals surface area (Å²) in [6.45, 7) is 1.93. The maximum absolute atomic E-state index is 12.2. The lowest BCUT2D eigenvalue weighted by Crippen LogP contribution is -2.10. The monoisotopic (exact) mass is 335 g/mol. The molecule has 3 nitrogen and oxygen atoms in total. The van der Waals surface area contributed by atoms with Gasteiger partial charge < -0.3 is 4.74 Å². The summed E-state index contributed by atoms with van der Waals surface area (Å²) in [6, 6.07) is 19.5. The Morgan fingerprint density at radius 1 is 1.04 bits per heavy atom. The van der Waals surface area contributed by atoms with Gasteiger partial charge in [-0.05, 0) is 24.1 Å². The van der Waals surface area contributed by atoms with E-state index in [1.165, 1.54) is 6.08 Å². The Morgan fingerprint density at radius 2 is 1.62 bits per heavy atom. The highest BCUT2D eigenvalue weighted by molar-refractivity contribution is 7.09. The average molecular weight is 335 g/mol. The first kappa shape index (κ1) is 16.1. The minimum atomic E-state index is -0.429. The molecule has 0 aliphatic rings. The standard InChI is InChI=1S/C20H17NO2S/c1-15-21-18(14-24-15)12-13-19(22)23-20(16-8-4-2-5-9-16)17-10-6-3-7-11-17/h2-14,20H,1H3/b13-12+. The number of hydrogen-bond acceptors (Lipinski definition) is 4. The van der Waals surface area contributed by atoms with Crippen LogP contribution in [0.3, 0.4) is 0 Å². The first-order chi connectivity index (χ1) is 11.7. The smallest absolute Gasteiger partial charge is 0.331 e. The molecule has 0 spiro atoms. The average Bonchev–Trinajstić information content (AvgIpc) is 3.05. The van der Waals surface area contributed by atoms with Gasteiger partial charge in [0.05, 0.1) is 10.7 Å². The van der Waals surface area contributed by atoms with Crippen LogP contribution in [0.1, 0.15) is 27.9 Å². The molecule has 0 aliphatic carbocycles. The molecule has 0 saturated carbocycles. The number of aromatic nitrogens is 1. The fourth-order valence-electron chi connectivity index (χ4n) is 2.35. The van der Waals surface area contributed by atoms with E-state index < -0.39 is 12.1 Å². The topological polar surface area (TPSA) is 39.2 Å². The Bertz CT molecular complexity index is 786. The minimum Gasteiger partial charge on any atom is -0.449 e. The van der Waals surface area contributed by atoms with Crippen molar-refractivity contribution in [1.82, 2.24) is 4.98 Å². The van der Waals surface area contributed by atoms with Crippen molar-refractivity contribution in [3.05, 3.63) is 93.9 Å². The van der Waals surface area contributed by atoms with Crippen LogP contribution < -0.4 is 0 Å². The molecule has 3 aromatic rings. The van der Waals surface area contributed by atoms with E-state index in [1.807, 2.05) is 73.0 Å². The minimum absolute atomic E-state index is 0.390. The van der Waals surface area contributed by atoms with Gasteiger partial charge in [-0.2, -0.15) is 0 Å². The molecule has 0 saturated heterocycles. The van der Waals surface area contributed by atoms with Crippen molar-refractivity contribution >= 4 is 23.4 Å². The number of hydrogen-bond donors (Lipinski definition) is 0. The summed E-state index contributed by atoms with van der Waals surface area (Å²) >= 11 is 1.55. The zero-order valence-electron chi connectivity index (χ0n) is 13.3. The van der Waals surface area contributed by atoms with Gasteiger partial charge in [0.1, 0.15) is 0 Å². The molecule has 24 heavy (non-hydrogen) atoms. The third-order valence-electron chi connectivity index (χ3n) is 3.47. The predicted molar refractivity (Wildman–Crippen MR) is 96.7 cm³/mol. The molecule has 1 aromatic heterocycles. The van der Waals surface area contributed by atoms with Crippen molar-refractivity contribution in [1.29, 1.82) is 0 Å². The molecule has 0 radical (unpaired) electrons. The Morgan fingerprint density at radius 3 is 2.12 bits per heavy atom. The Labute approximate surface area is 145 Å². The second-order valence-corrected chi connectivity index (χ2v) is 6.33. The second kappa shape index (κ2) is 7.70. The SMILES string of the molecule is Cc1nc(/C=C/C(=O)OC(c2ccccc2)c2ccccc2)cs1. The van der Waals surface area contributed by atoms with Gasteiger partial charge >= 0.3 is 5.97 Å². The van der Waals surface area contributed by atoms with Crippen molar-refractivity contribution in [3.8, 4) is 0 Å². The van der Waals surface area contributed by atoms with Crippen LogP contribution in [0.15, 0.2) is 72.1 Å². The van der Waals surface area contributed by atoms with Crippen molar-refractivity contribution in [2.24, 2.45) is 0 Å². The fraction of sp³-hybridized carbons (Fsp3) is 0.100. The van der Waals surface area contributed by atoms with Crippen LogP contribution in [0.5, 0.6) is 0 Å². The van der Waals surface area contributed by atoms with Crippen LogP contribution in [-0.2, 0) is 9.53 Å². The predicted octanol–water partition coefficient (Wildman–Crippen LogP) is 4.80. The molecule has 0 unspecified atom stereocenters. The van der Waals surface area contributed by atoms with Crippen LogP contribution in [0.4, 0.5) is 0 Å². The number of esters is 1. The number of ether oxygens (including phenoxy) is 1. The van der Waals surface area contributed by atoms with Gasteiger partial charge in [-0.3, -0.25) is 0 Å². The van der Waals surface area contributed by atoms with Gasteiger partial charge in [0.15, 0.2) is 6.10 Å². The molecular formula is C20H17NO2S. The van der Waals surface area contributed by atoms with Crippen LogP contribution in [0, 0.1) is 6.92 Å². The lowest BCUT2D eigenvalue weighted by Gasteiger charge is -2.18.